The molecule has 0 aromatic heterocycles. The summed E-state index contributed by atoms with van der Waals surface area (Å²) < 4.78 is 13.6. The molecule has 16 heavy (non-hydrogen) atoms. The molecule has 7 heteroatoms. The van der Waals surface area contributed by atoms with Crippen LogP contribution in [0.5, 0.6) is 0 Å². The Morgan fingerprint density at radius 2 is 2.06 bits per heavy atom. The van der Waals surface area contributed by atoms with Crippen LogP contribution in [0.4, 0.5) is 21.5 Å². The predicted molar refractivity (Wildman–Crippen MR) is 62.5 cm³/mol. The van der Waals surface area contributed by atoms with E-state index in [1.165, 1.54) is 13.0 Å². The highest BCUT2D eigenvalue weighted by Crippen LogP contribution is 2.33. The number of carbonyl (C=O) groups is 1. The monoisotopic (exact) mass is 246 g/mol. The molecule has 0 saturated carbocycles. The molecule has 7 N–H and O–H groups in total. The van der Waals surface area contributed by atoms with Crippen molar-refractivity contribution in [1.29, 1.82) is 0 Å². The second kappa shape index (κ2) is 4.44. The fraction of sp³-hybridized carbons (Fsp3) is 0.222. The highest BCUT2D eigenvalue weighted by atomic mass is 35.5. The van der Waals surface area contributed by atoms with Crippen LogP contribution in [0.25, 0.3) is 0 Å². The quantitative estimate of drug-likeness (QED) is 0.595. The number of hydrogen-bond acceptors (Lipinski definition) is 4. The van der Waals surface area contributed by atoms with E-state index < -0.39 is 17.8 Å². The molecule has 1 rings (SSSR count). The molecule has 88 valence electrons. The van der Waals surface area contributed by atoms with Gasteiger partial charge < -0.3 is 22.5 Å². The van der Waals surface area contributed by atoms with Crippen molar-refractivity contribution >= 4 is 34.6 Å². The minimum atomic E-state index is -0.799. The Morgan fingerprint density at radius 3 is 2.56 bits per heavy atom. The van der Waals surface area contributed by atoms with Crippen LogP contribution in [0, 0.1) is 5.82 Å². The third kappa shape index (κ3) is 2.27. The van der Waals surface area contributed by atoms with Gasteiger partial charge in [-0.1, -0.05) is 11.6 Å². The van der Waals surface area contributed by atoms with Crippen molar-refractivity contribution in [2.24, 2.45) is 5.73 Å². The molecule has 0 spiro atoms. The zero-order chi connectivity index (χ0) is 12.5. The smallest absolute Gasteiger partial charge is 0.239 e. The zero-order valence-corrected chi connectivity index (χ0v) is 9.31. The van der Waals surface area contributed by atoms with Gasteiger partial charge in [0.15, 0.2) is 5.82 Å². The number of anilines is 3. The standard InChI is InChI=1S/C9H12ClFN4O/c1-3(9(14)16)15-8-5(13)2-4(12)6(10)7(8)11/h2-3,15H,12-13H2,1H3,(H2,14,16). The SMILES string of the molecule is CC(Nc1c(N)cc(N)c(Cl)c1F)C(N)=O. The van der Waals surface area contributed by atoms with Crippen molar-refractivity contribution in [3.8, 4) is 0 Å². The van der Waals surface area contributed by atoms with Crippen LogP contribution in [0.2, 0.25) is 5.02 Å². The molecule has 1 amide bonds. The van der Waals surface area contributed by atoms with Crippen molar-refractivity contribution in [3.05, 3.63) is 16.9 Å². The lowest BCUT2D eigenvalue weighted by Crippen LogP contribution is -2.33. The second-order valence-electron chi connectivity index (χ2n) is 3.33. The summed E-state index contributed by atoms with van der Waals surface area (Å²) in [6, 6.07) is 0.540. The van der Waals surface area contributed by atoms with E-state index in [1.54, 1.807) is 0 Å². The summed E-state index contributed by atoms with van der Waals surface area (Å²) in [4.78, 5) is 10.8. The van der Waals surface area contributed by atoms with Crippen molar-refractivity contribution in [2.75, 3.05) is 16.8 Å². The molecule has 0 fully saturated rings. The Morgan fingerprint density at radius 1 is 1.50 bits per heavy atom. The number of nitrogen functional groups attached to an aromatic ring is 2. The maximum absolute atomic E-state index is 13.6. The van der Waals surface area contributed by atoms with Gasteiger partial charge in [0.1, 0.15) is 11.1 Å². The molecule has 0 aliphatic heterocycles. The fourth-order valence-corrected chi connectivity index (χ4v) is 1.25. The van der Waals surface area contributed by atoms with E-state index in [1.807, 2.05) is 0 Å². The number of nitrogens with one attached hydrogen (secondary N) is 1. The van der Waals surface area contributed by atoms with E-state index in [0.717, 1.165) is 0 Å². The van der Waals surface area contributed by atoms with Gasteiger partial charge in [-0.05, 0) is 13.0 Å². The molecule has 0 bridgehead atoms. The Bertz CT molecular complexity index is 438. The van der Waals surface area contributed by atoms with Crippen molar-refractivity contribution in [1.82, 2.24) is 0 Å². The molecular weight excluding hydrogens is 235 g/mol. The Kier molecular flexibility index (Phi) is 3.44. The highest BCUT2D eigenvalue weighted by molar-refractivity contribution is 6.33. The lowest BCUT2D eigenvalue weighted by molar-refractivity contribution is -0.118. The van der Waals surface area contributed by atoms with E-state index in [9.17, 15) is 9.18 Å². The first-order valence-electron chi connectivity index (χ1n) is 4.43. The van der Waals surface area contributed by atoms with Crippen molar-refractivity contribution in [3.63, 3.8) is 0 Å². The van der Waals surface area contributed by atoms with Crippen LogP contribution in [0.1, 0.15) is 6.92 Å². The third-order valence-corrected chi connectivity index (χ3v) is 2.44. The van der Waals surface area contributed by atoms with Crippen LogP contribution < -0.4 is 22.5 Å². The number of amides is 1. The average molecular weight is 247 g/mol. The molecule has 0 aliphatic rings. The molecule has 0 aliphatic carbocycles. The van der Waals surface area contributed by atoms with Gasteiger partial charge in [0.05, 0.1) is 17.1 Å². The summed E-state index contributed by atoms with van der Waals surface area (Å²) in [5, 5.41) is 2.29. The first-order chi connectivity index (χ1) is 7.34. The van der Waals surface area contributed by atoms with Gasteiger partial charge in [-0.15, -0.1) is 0 Å². The van der Waals surface area contributed by atoms with E-state index in [2.05, 4.69) is 5.32 Å². The normalized spacial score (nSPS) is 12.2. The van der Waals surface area contributed by atoms with Crippen LogP contribution in [0.3, 0.4) is 0 Å². The topological polar surface area (TPSA) is 107 Å². The van der Waals surface area contributed by atoms with Gasteiger partial charge in [0, 0.05) is 0 Å². The van der Waals surface area contributed by atoms with E-state index in [4.69, 9.17) is 28.8 Å². The molecular formula is C9H12ClFN4O. The first-order valence-corrected chi connectivity index (χ1v) is 4.81. The minimum absolute atomic E-state index is 0.0361. The number of benzene rings is 1. The number of primary amides is 1. The van der Waals surface area contributed by atoms with Crippen LogP contribution in [0.15, 0.2) is 6.07 Å². The molecule has 0 saturated heterocycles. The molecule has 1 aromatic rings. The van der Waals surface area contributed by atoms with Crippen LogP contribution in [-0.4, -0.2) is 11.9 Å². The molecule has 5 nitrogen and oxygen atoms in total. The Hall–Kier alpha value is -1.69. The van der Waals surface area contributed by atoms with Gasteiger partial charge >= 0.3 is 0 Å². The van der Waals surface area contributed by atoms with E-state index in [0.29, 0.717) is 0 Å². The van der Waals surface area contributed by atoms with Gasteiger partial charge in [-0.2, -0.15) is 0 Å². The summed E-state index contributed by atoms with van der Waals surface area (Å²) in [6.45, 7) is 1.48. The molecule has 0 heterocycles. The minimum Gasteiger partial charge on any atom is -0.397 e. The summed E-state index contributed by atoms with van der Waals surface area (Å²) in [5.74, 6) is -1.43. The maximum atomic E-state index is 13.6. The molecule has 1 aromatic carbocycles. The van der Waals surface area contributed by atoms with Crippen molar-refractivity contribution < 1.29 is 9.18 Å². The number of carbonyl (C=O) groups excluding carboxylic acids is 1. The van der Waals surface area contributed by atoms with E-state index >= 15 is 0 Å². The van der Waals surface area contributed by atoms with Crippen LogP contribution >= 0.6 is 11.6 Å². The van der Waals surface area contributed by atoms with Crippen molar-refractivity contribution in [2.45, 2.75) is 13.0 Å². The Labute approximate surface area is 96.7 Å². The van der Waals surface area contributed by atoms with Gasteiger partial charge in [0.25, 0.3) is 0 Å². The lowest BCUT2D eigenvalue weighted by Gasteiger charge is -2.16. The largest absolute Gasteiger partial charge is 0.397 e. The van der Waals surface area contributed by atoms with Gasteiger partial charge in [0.2, 0.25) is 5.91 Å². The van der Waals surface area contributed by atoms with Crippen LogP contribution in [-0.2, 0) is 4.79 Å². The number of halogens is 2. The van der Waals surface area contributed by atoms with Gasteiger partial charge in [-0.3, -0.25) is 4.79 Å². The fourth-order valence-electron chi connectivity index (χ4n) is 1.10. The zero-order valence-electron chi connectivity index (χ0n) is 8.55. The average Bonchev–Trinajstić information content (AvgIpc) is 2.20. The van der Waals surface area contributed by atoms with E-state index in [-0.39, 0.29) is 22.1 Å². The number of hydrogen-bond donors (Lipinski definition) is 4. The molecule has 0 radical (unpaired) electrons. The summed E-state index contributed by atoms with van der Waals surface area (Å²) in [6.07, 6.45) is 0. The molecule has 1 unspecified atom stereocenters. The molecule has 1 atom stereocenters. The summed E-state index contributed by atoms with van der Waals surface area (Å²) in [7, 11) is 0. The number of rotatable bonds is 3. The maximum Gasteiger partial charge on any atom is 0.239 e. The first kappa shape index (κ1) is 12.4. The summed E-state index contributed by atoms with van der Waals surface area (Å²) >= 11 is 5.61. The second-order valence-corrected chi connectivity index (χ2v) is 3.70. The number of nitrogens with two attached hydrogens (primary N) is 3. The van der Waals surface area contributed by atoms with Gasteiger partial charge in [-0.25, -0.2) is 4.39 Å². The Balaban J connectivity index is 3.14. The highest BCUT2D eigenvalue weighted by Gasteiger charge is 2.17. The summed E-state index contributed by atoms with van der Waals surface area (Å²) in [5.41, 5.74) is 16.0. The predicted octanol–water partition coefficient (Wildman–Crippen LogP) is 0.929. The lowest BCUT2D eigenvalue weighted by atomic mass is 10.2. The third-order valence-electron chi connectivity index (χ3n) is 2.05.